The monoisotopic (exact) mass is 341 g/mol. The van der Waals surface area contributed by atoms with Gasteiger partial charge in [-0.1, -0.05) is 54.6 Å². The summed E-state index contributed by atoms with van der Waals surface area (Å²) in [5.74, 6) is 1.67. The van der Waals surface area contributed by atoms with Crippen LogP contribution >= 0.6 is 0 Å². The van der Waals surface area contributed by atoms with Crippen molar-refractivity contribution in [2.75, 3.05) is 0 Å². The number of aromatic nitrogens is 1. The summed E-state index contributed by atoms with van der Waals surface area (Å²) < 4.78 is 11.7. The number of hydrogen-bond acceptors (Lipinski definition) is 3. The molecule has 3 aromatic carbocycles. The molecule has 0 fully saturated rings. The van der Waals surface area contributed by atoms with E-state index in [-0.39, 0.29) is 0 Å². The predicted octanol–water partition coefficient (Wildman–Crippen LogP) is 5.39. The van der Waals surface area contributed by atoms with E-state index in [0.29, 0.717) is 13.2 Å². The van der Waals surface area contributed by atoms with Crippen LogP contribution in [0, 0.1) is 0 Å². The van der Waals surface area contributed by atoms with Crippen LogP contribution in [0.4, 0.5) is 0 Å². The molecule has 0 bridgehead atoms. The van der Waals surface area contributed by atoms with Gasteiger partial charge in [-0.15, -0.1) is 0 Å². The van der Waals surface area contributed by atoms with Gasteiger partial charge >= 0.3 is 0 Å². The summed E-state index contributed by atoms with van der Waals surface area (Å²) in [6.07, 6.45) is 0. The number of benzene rings is 3. The Bertz CT molecular complexity index is 999. The molecule has 0 unspecified atom stereocenters. The molecule has 4 aromatic rings. The van der Waals surface area contributed by atoms with Gasteiger partial charge in [-0.2, -0.15) is 0 Å². The zero-order chi connectivity index (χ0) is 17.6. The van der Waals surface area contributed by atoms with E-state index in [0.717, 1.165) is 33.7 Å². The van der Waals surface area contributed by atoms with Crippen molar-refractivity contribution < 1.29 is 9.47 Å². The second-order valence-corrected chi connectivity index (χ2v) is 6.03. The molecule has 4 rings (SSSR count). The number of para-hydroxylation sites is 2. The number of rotatable bonds is 6. The van der Waals surface area contributed by atoms with Crippen molar-refractivity contribution in [3.63, 3.8) is 0 Å². The molecule has 26 heavy (non-hydrogen) atoms. The summed E-state index contributed by atoms with van der Waals surface area (Å²) in [4.78, 5) is 4.64. The maximum atomic E-state index is 5.92. The first-order chi connectivity index (χ1) is 12.9. The van der Waals surface area contributed by atoms with E-state index in [9.17, 15) is 0 Å². The quantitative estimate of drug-likeness (QED) is 0.471. The molecule has 0 spiro atoms. The Balaban J connectivity index is 1.40. The van der Waals surface area contributed by atoms with Crippen LogP contribution < -0.4 is 9.47 Å². The van der Waals surface area contributed by atoms with Crippen LogP contribution in [0.25, 0.3) is 10.9 Å². The molecule has 0 aliphatic heterocycles. The van der Waals surface area contributed by atoms with Gasteiger partial charge in [0, 0.05) is 5.39 Å². The van der Waals surface area contributed by atoms with Crippen LogP contribution in [0.15, 0.2) is 91.0 Å². The third-order valence-electron chi connectivity index (χ3n) is 4.09. The summed E-state index contributed by atoms with van der Waals surface area (Å²) >= 11 is 0. The number of fused-ring (bicyclic) bond motifs is 1. The smallest absolute Gasteiger partial charge is 0.130 e. The molecule has 0 aliphatic rings. The van der Waals surface area contributed by atoms with Crippen LogP contribution in [0.2, 0.25) is 0 Å². The van der Waals surface area contributed by atoms with E-state index in [4.69, 9.17) is 9.47 Å². The molecule has 0 saturated heterocycles. The molecule has 0 radical (unpaired) electrons. The molecule has 1 heterocycles. The third kappa shape index (κ3) is 4.01. The third-order valence-corrected chi connectivity index (χ3v) is 4.09. The van der Waals surface area contributed by atoms with Crippen LogP contribution in [0.5, 0.6) is 11.5 Å². The fourth-order valence-electron chi connectivity index (χ4n) is 2.75. The Morgan fingerprint density at radius 2 is 1.38 bits per heavy atom. The van der Waals surface area contributed by atoms with Gasteiger partial charge in [0.2, 0.25) is 0 Å². The molecular weight excluding hydrogens is 322 g/mol. The number of nitrogens with zero attached hydrogens (tertiary/aromatic N) is 1. The van der Waals surface area contributed by atoms with E-state index in [1.807, 2.05) is 78.9 Å². The summed E-state index contributed by atoms with van der Waals surface area (Å²) in [5, 5.41) is 1.14. The topological polar surface area (TPSA) is 31.4 Å². The van der Waals surface area contributed by atoms with Gasteiger partial charge in [0.1, 0.15) is 24.7 Å². The van der Waals surface area contributed by atoms with Crippen molar-refractivity contribution >= 4 is 10.9 Å². The summed E-state index contributed by atoms with van der Waals surface area (Å²) in [7, 11) is 0. The van der Waals surface area contributed by atoms with Gasteiger partial charge in [0.15, 0.2) is 0 Å². The standard InChI is InChI=1S/C23H19NO2/c1-2-9-21(10-3-1)25-16-18-7-6-11-22(15-18)26-17-20-14-13-19-8-4-5-12-23(19)24-20/h1-15H,16-17H2. The van der Waals surface area contributed by atoms with Crippen molar-refractivity contribution in [1.82, 2.24) is 4.98 Å². The number of hydrogen-bond donors (Lipinski definition) is 0. The minimum atomic E-state index is 0.438. The first-order valence-electron chi connectivity index (χ1n) is 8.61. The predicted molar refractivity (Wildman–Crippen MR) is 103 cm³/mol. The normalized spacial score (nSPS) is 10.6. The van der Waals surface area contributed by atoms with Gasteiger partial charge < -0.3 is 9.47 Å². The van der Waals surface area contributed by atoms with Gasteiger partial charge in [-0.3, -0.25) is 0 Å². The lowest BCUT2D eigenvalue weighted by molar-refractivity contribution is 0.293. The Kier molecular flexibility index (Phi) is 4.79. The van der Waals surface area contributed by atoms with Crippen molar-refractivity contribution in [2.45, 2.75) is 13.2 Å². The molecule has 3 heteroatoms. The highest BCUT2D eigenvalue weighted by atomic mass is 16.5. The van der Waals surface area contributed by atoms with Crippen molar-refractivity contribution in [3.05, 3.63) is 102 Å². The maximum absolute atomic E-state index is 5.92. The summed E-state index contributed by atoms with van der Waals surface area (Å²) in [5.41, 5.74) is 2.96. The number of pyridine rings is 1. The lowest BCUT2D eigenvalue weighted by Crippen LogP contribution is -2.00. The van der Waals surface area contributed by atoms with Crippen LogP contribution in [-0.2, 0) is 13.2 Å². The van der Waals surface area contributed by atoms with E-state index >= 15 is 0 Å². The van der Waals surface area contributed by atoms with E-state index in [1.54, 1.807) is 0 Å². The van der Waals surface area contributed by atoms with Gasteiger partial charge in [0.05, 0.1) is 11.2 Å². The Morgan fingerprint density at radius 3 is 2.31 bits per heavy atom. The zero-order valence-corrected chi connectivity index (χ0v) is 14.3. The Labute approximate surface area is 152 Å². The van der Waals surface area contributed by atoms with Crippen molar-refractivity contribution in [3.8, 4) is 11.5 Å². The van der Waals surface area contributed by atoms with E-state index in [1.165, 1.54) is 0 Å². The Morgan fingerprint density at radius 1 is 0.615 bits per heavy atom. The fraction of sp³-hybridized carbons (Fsp3) is 0.0870. The molecule has 0 aliphatic carbocycles. The lowest BCUT2D eigenvalue weighted by Gasteiger charge is -2.10. The molecule has 0 amide bonds. The maximum Gasteiger partial charge on any atom is 0.130 e. The van der Waals surface area contributed by atoms with E-state index in [2.05, 4.69) is 17.1 Å². The summed E-state index contributed by atoms with van der Waals surface area (Å²) in [6.45, 7) is 0.948. The average Bonchev–Trinajstić information content (AvgIpc) is 2.72. The Hall–Kier alpha value is -3.33. The van der Waals surface area contributed by atoms with Crippen LogP contribution in [0.3, 0.4) is 0 Å². The highest BCUT2D eigenvalue weighted by molar-refractivity contribution is 5.78. The minimum absolute atomic E-state index is 0.438. The van der Waals surface area contributed by atoms with Gasteiger partial charge in [-0.05, 0) is 42.0 Å². The second-order valence-electron chi connectivity index (χ2n) is 6.03. The number of ether oxygens (including phenoxy) is 2. The van der Waals surface area contributed by atoms with Gasteiger partial charge in [0.25, 0.3) is 0 Å². The molecule has 0 atom stereocenters. The molecule has 3 nitrogen and oxygen atoms in total. The van der Waals surface area contributed by atoms with Crippen molar-refractivity contribution in [1.29, 1.82) is 0 Å². The SMILES string of the molecule is c1ccc(OCc2cccc(OCc3ccc4ccccc4n3)c2)cc1. The zero-order valence-electron chi connectivity index (χ0n) is 14.3. The van der Waals surface area contributed by atoms with Crippen molar-refractivity contribution in [2.24, 2.45) is 0 Å². The average molecular weight is 341 g/mol. The first kappa shape index (κ1) is 16.2. The molecular formula is C23H19NO2. The van der Waals surface area contributed by atoms with Crippen LogP contribution in [0.1, 0.15) is 11.3 Å². The molecule has 128 valence electrons. The fourth-order valence-corrected chi connectivity index (χ4v) is 2.75. The molecule has 0 N–H and O–H groups in total. The van der Waals surface area contributed by atoms with E-state index < -0.39 is 0 Å². The molecule has 1 aromatic heterocycles. The lowest BCUT2D eigenvalue weighted by atomic mass is 10.2. The minimum Gasteiger partial charge on any atom is -0.489 e. The molecule has 0 saturated carbocycles. The largest absolute Gasteiger partial charge is 0.489 e. The first-order valence-corrected chi connectivity index (χ1v) is 8.61. The van der Waals surface area contributed by atoms with Gasteiger partial charge in [-0.25, -0.2) is 4.98 Å². The highest BCUT2D eigenvalue weighted by Crippen LogP contribution is 2.18. The summed E-state index contributed by atoms with van der Waals surface area (Å²) in [6, 6.07) is 29.9. The van der Waals surface area contributed by atoms with Crippen LogP contribution in [-0.4, -0.2) is 4.98 Å². The highest BCUT2D eigenvalue weighted by Gasteiger charge is 2.02. The second kappa shape index (κ2) is 7.70.